The largest absolute Gasteiger partial charge is 0.342 e. The smallest absolute Gasteiger partial charge is 0.244 e. The minimum Gasteiger partial charge on any atom is -0.342 e. The molecule has 176 valence electrons. The van der Waals surface area contributed by atoms with E-state index in [1.165, 1.54) is 17.1 Å². The standard InChI is InChI=1S/C27H24ClN5O2/c1-19-6-5-9-21(14-19)16-26(34)24(15-20-7-3-2-4-8-20)30-27(35)13-10-22-17-23(28)11-12-25(22)33-18-29-31-32-33/h2-14,17-18,24H,15-16H2,1H3,(H,30,35)/b13-10+/t24-/m0/s1. The number of aromatic nitrogens is 4. The molecule has 0 aliphatic carbocycles. The Bertz CT molecular complexity index is 1340. The van der Waals surface area contributed by atoms with Crippen LogP contribution in [-0.2, 0) is 22.4 Å². The van der Waals surface area contributed by atoms with Gasteiger partial charge in [-0.05, 0) is 59.2 Å². The van der Waals surface area contributed by atoms with Crippen molar-refractivity contribution in [2.75, 3.05) is 0 Å². The molecule has 3 aromatic carbocycles. The molecule has 0 aliphatic rings. The summed E-state index contributed by atoms with van der Waals surface area (Å²) in [5.74, 6) is -0.440. The van der Waals surface area contributed by atoms with Gasteiger partial charge < -0.3 is 5.32 Å². The van der Waals surface area contributed by atoms with E-state index in [4.69, 9.17) is 11.6 Å². The summed E-state index contributed by atoms with van der Waals surface area (Å²) in [7, 11) is 0. The molecule has 0 bridgehead atoms. The van der Waals surface area contributed by atoms with Crippen molar-refractivity contribution < 1.29 is 9.59 Å². The zero-order valence-electron chi connectivity index (χ0n) is 19.1. The van der Waals surface area contributed by atoms with E-state index in [2.05, 4.69) is 20.8 Å². The first-order valence-electron chi connectivity index (χ1n) is 11.1. The summed E-state index contributed by atoms with van der Waals surface area (Å²) in [6, 6.07) is 22.0. The molecule has 0 aliphatic heterocycles. The summed E-state index contributed by atoms with van der Waals surface area (Å²) in [5.41, 5.74) is 4.30. The Morgan fingerprint density at radius 1 is 1.03 bits per heavy atom. The highest BCUT2D eigenvalue weighted by molar-refractivity contribution is 6.30. The molecule has 1 amide bonds. The maximum atomic E-state index is 13.2. The second-order valence-electron chi connectivity index (χ2n) is 8.17. The Hall–Kier alpha value is -4.10. The van der Waals surface area contributed by atoms with Crippen molar-refractivity contribution in [2.45, 2.75) is 25.8 Å². The van der Waals surface area contributed by atoms with Gasteiger partial charge in [0.2, 0.25) is 5.91 Å². The van der Waals surface area contributed by atoms with Crippen molar-refractivity contribution in [3.05, 3.63) is 112 Å². The summed E-state index contributed by atoms with van der Waals surface area (Å²) in [6.07, 6.45) is 5.11. The van der Waals surface area contributed by atoms with Crippen LogP contribution in [0.2, 0.25) is 5.02 Å². The minimum atomic E-state index is -0.673. The van der Waals surface area contributed by atoms with Gasteiger partial charge in [0.1, 0.15) is 6.33 Å². The number of hydrogen-bond donors (Lipinski definition) is 1. The van der Waals surface area contributed by atoms with Crippen LogP contribution >= 0.6 is 11.6 Å². The van der Waals surface area contributed by atoms with Gasteiger partial charge in [0, 0.05) is 23.1 Å². The fourth-order valence-corrected chi connectivity index (χ4v) is 3.95. The number of benzene rings is 3. The SMILES string of the molecule is Cc1cccc(CC(=O)[C@H](Cc2ccccc2)NC(=O)/C=C/c2cc(Cl)ccc2-n2cnnn2)c1. The maximum absolute atomic E-state index is 13.2. The Morgan fingerprint density at radius 3 is 2.57 bits per heavy atom. The lowest BCUT2D eigenvalue weighted by molar-refractivity contribution is -0.125. The number of carbonyl (C=O) groups excluding carboxylic acids is 2. The van der Waals surface area contributed by atoms with E-state index >= 15 is 0 Å². The molecule has 7 nitrogen and oxygen atoms in total. The Balaban J connectivity index is 1.52. The molecule has 0 radical (unpaired) electrons. The number of hydrogen-bond acceptors (Lipinski definition) is 5. The molecular formula is C27H24ClN5O2. The number of tetrazole rings is 1. The number of halogens is 1. The number of amides is 1. The van der Waals surface area contributed by atoms with Crippen LogP contribution in [0, 0.1) is 6.92 Å². The molecule has 1 aromatic heterocycles. The number of aryl methyl sites for hydroxylation is 1. The fraction of sp³-hybridized carbons (Fsp3) is 0.148. The third kappa shape index (κ3) is 6.71. The van der Waals surface area contributed by atoms with E-state index in [0.717, 1.165) is 16.7 Å². The predicted molar refractivity (Wildman–Crippen MR) is 135 cm³/mol. The molecule has 0 saturated heterocycles. The van der Waals surface area contributed by atoms with Crippen LogP contribution in [0.4, 0.5) is 0 Å². The van der Waals surface area contributed by atoms with Gasteiger partial charge in [0.05, 0.1) is 11.7 Å². The molecule has 8 heteroatoms. The van der Waals surface area contributed by atoms with Crippen LogP contribution < -0.4 is 5.32 Å². The molecule has 35 heavy (non-hydrogen) atoms. The normalized spacial score (nSPS) is 11.9. The van der Waals surface area contributed by atoms with Crippen molar-refractivity contribution in [1.29, 1.82) is 0 Å². The number of carbonyl (C=O) groups is 2. The van der Waals surface area contributed by atoms with Crippen LogP contribution in [0.1, 0.15) is 22.3 Å². The molecule has 0 unspecified atom stereocenters. The predicted octanol–water partition coefficient (Wildman–Crippen LogP) is 4.18. The summed E-state index contributed by atoms with van der Waals surface area (Å²) in [6.45, 7) is 1.99. The highest BCUT2D eigenvalue weighted by Crippen LogP contribution is 2.20. The maximum Gasteiger partial charge on any atom is 0.244 e. The van der Waals surface area contributed by atoms with E-state index < -0.39 is 6.04 Å². The molecule has 0 fully saturated rings. The molecule has 0 spiro atoms. The highest BCUT2D eigenvalue weighted by Gasteiger charge is 2.21. The molecule has 1 heterocycles. The Labute approximate surface area is 208 Å². The number of nitrogens with zero attached hydrogens (tertiary/aromatic N) is 4. The Morgan fingerprint density at radius 2 is 1.83 bits per heavy atom. The molecule has 0 saturated carbocycles. The van der Waals surface area contributed by atoms with Gasteiger partial charge in [-0.3, -0.25) is 9.59 Å². The van der Waals surface area contributed by atoms with Crippen LogP contribution in [0.3, 0.4) is 0 Å². The zero-order valence-corrected chi connectivity index (χ0v) is 19.9. The van der Waals surface area contributed by atoms with Crippen molar-refractivity contribution in [1.82, 2.24) is 25.5 Å². The second-order valence-corrected chi connectivity index (χ2v) is 8.61. The lowest BCUT2D eigenvalue weighted by Crippen LogP contribution is -2.42. The number of nitrogens with one attached hydrogen (secondary N) is 1. The van der Waals surface area contributed by atoms with Crippen molar-refractivity contribution in [3.63, 3.8) is 0 Å². The monoisotopic (exact) mass is 485 g/mol. The quantitative estimate of drug-likeness (QED) is 0.359. The lowest BCUT2D eigenvalue weighted by Gasteiger charge is -2.17. The minimum absolute atomic E-state index is 0.0571. The van der Waals surface area contributed by atoms with E-state index in [1.807, 2.05) is 61.5 Å². The van der Waals surface area contributed by atoms with Gasteiger partial charge in [-0.1, -0.05) is 71.8 Å². The van der Waals surface area contributed by atoms with Crippen LogP contribution in [0.5, 0.6) is 0 Å². The van der Waals surface area contributed by atoms with E-state index in [1.54, 1.807) is 24.3 Å². The molecule has 4 aromatic rings. The summed E-state index contributed by atoms with van der Waals surface area (Å²) in [5, 5.41) is 14.6. The van der Waals surface area contributed by atoms with Crippen LogP contribution in [0.25, 0.3) is 11.8 Å². The Kier molecular flexibility index (Phi) is 7.80. The third-order valence-electron chi connectivity index (χ3n) is 5.45. The number of Topliss-reactive ketones (excluding diaryl/α,β-unsaturated/α-hetero) is 1. The zero-order chi connectivity index (χ0) is 24.6. The molecular weight excluding hydrogens is 462 g/mol. The van der Waals surface area contributed by atoms with E-state index in [9.17, 15) is 9.59 Å². The molecule has 1 atom stereocenters. The fourth-order valence-electron chi connectivity index (χ4n) is 3.77. The average molecular weight is 486 g/mol. The van der Waals surface area contributed by atoms with Gasteiger partial charge in [-0.25, -0.2) is 0 Å². The van der Waals surface area contributed by atoms with Gasteiger partial charge >= 0.3 is 0 Å². The van der Waals surface area contributed by atoms with Crippen LogP contribution in [0.15, 0.2) is 85.2 Å². The van der Waals surface area contributed by atoms with Crippen LogP contribution in [-0.4, -0.2) is 37.9 Å². The van der Waals surface area contributed by atoms with Crippen molar-refractivity contribution in [2.24, 2.45) is 0 Å². The van der Waals surface area contributed by atoms with Gasteiger partial charge in [0.25, 0.3) is 0 Å². The van der Waals surface area contributed by atoms with Crippen molar-refractivity contribution in [3.8, 4) is 5.69 Å². The first kappa shape index (κ1) is 24.0. The van der Waals surface area contributed by atoms with E-state index in [0.29, 0.717) is 22.7 Å². The number of rotatable bonds is 9. The van der Waals surface area contributed by atoms with E-state index in [-0.39, 0.29) is 18.1 Å². The topological polar surface area (TPSA) is 89.8 Å². The van der Waals surface area contributed by atoms with Gasteiger partial charge in [-0.2, -0.15) is 4.68 Å². The molecule has 1 N–H and O–H groups in total. The van der Waals surface area contributed by atoms with Gasteiger partial charge in [0.15, 0.2) is 5.78 Å². The first-order valence-corrected chi connectivity index (χ1v) is 11.5. The summed E-state index contributed by atoms with van der Waals surface area (Å²) in [4.78, 5) is 26.1. The first-order chi connectivity index (χ1) is 17.0. The van der Waals surface area contributed by atoms with Gasteiger partial charge in [-0.15, -0.1) is 5.10 Å². The number of ketones is 1. The van der Waals surface area contributed by atoms with Crippen molar-refractivity contribution >= 4 is 29.4 Å². The lowest BCUT2D eigenvalue weighted by atomic mass is 9.97. The summed E-state index contributed by atoms with van der Waals surface area (Å²) >= 11 is 6.16. The molecule has 4 rings (SSSR count). The average Bonchev–Trinajstić information content (AvgIpc) is 3.38. The summed E-state index contributed by atoms with van der Waals surface area (Å²) < 4.78 is 1.48. The highest BCUT2D eigenvalue weighted by atomic mass is 35.5. The third-order valence-corrected chi connectivity index (χ3v) is 5.68. The second kappa shape index (κ2) is 11.4.